The zero-order valence-corrected chi connectivity index (χ0v) is 28.7. The molecule has 9 heteroatoms. The topological polar surface area (TPSA) is 96.0 Å². The van der Waals surface area contributed by atoms with Gasteiger partial charge in [-0.3, -0.25) is 13.9 Å². The summed E-state index contributed by atoms with van der Waals surface area (Å²) in [6.45, 7) is 9.68. The van der Waals surface area contributed by atoms with Gasteiger partial charge < -0.3 is 15.0 Å². The molecule has 0 saturated carbocycles. The predicted molar refractivity (Wildman–Crippen MR) is 187 cm³/mol. The van der Waals surface area contributed by atoms with Crippen molar-refractivity contribution in [2.75, 3.05) is 17.5 Å². The van der Waals surface area contributed by atoms with Gasteiger partial charge in [-0.05, 0) is 87.2 Å². The highest BCUT2D eigenvalue weighted by Crippen LogP contribution is 2.27. The van der Waals surface area contributed by atoms with Gasteiger partial charge in [0, 0.05) is 19.0 Å². The number of hydrogen-bond acceptors (Lipinski definition) is 5. The number of sulfonamides is 1. The monoisotopic (exact) mass is 655 g/mol. The van der Waals surface area contributed by atoms with E-state index in [1.807, 2.05) is 89.2 Å². The fraction of sp³-hybridized carbons (Fsp3) is 0.316. The van der Waals surface area contributed by atoms with Crippen molar-refractivity contribution in [2.24, 2.45) is 0 Å². The second-order valence-corrected chi connectivity index (χ2v) is 13.6. The first-order valence-corrected chi connectivity index (χ1v) is 17.5. The Bertz CT molecular complexity index is 1730. The predicted octanol–water partition coefficient (Wildman–Crippen LogP) is 6.45. The Morgan fingerprint density at radius 3 is 2.09 bits per heavy atom. The molecule has 4 rings (SSSR count). The van der Waals surface area contributed by atoms with Crippen LogP contribution in [0.2, 0.25) is 0 Å². The van der Waals surface area contributed by atoms with Crippen LogP contribution in [0.15, 0.2) is 108 Å². The summed E-state index contributed by atoms with van der Waals surface area (Å²) < 4.78 is 35.2. The summed E-state index contributed by atoms with van der Waals surface area (Å²) >= 11 is 0. The number of ether oxygens (including phenoxy) is 1. The van der Waals surface area contributed by atoms with Crippen LogP contribution in [0, 0.1) is 13.8 Å². The first kappa shape index (κ1) is 35.2. The van der Waals surface area contributed by atoms with E-state index in [-0.39, 0.29) is 29.8 Å². The largest absolute Gasteiger partial charge is 0.494 e. The van der Waals surface area contributed by atoms with Gasteiger partial charge in [0.1, 0.15) is 18.3 Å². The number of nitrogens with zero attached hydrogens (tertiary/aromatic N) is 2. The van der Waals surface area contributed by atoms with Crippen molar-refractivity contribution in [1.29, 1.82) is 0 Å². The van der Waals surface area contributed by atoms with Crippen molar-refractivity contribution in [2.45, 2.75) is 71.0 Å². The smallest absolute Gasteiger partial charge is 0.264 e. The summed E-state index contributed by atoms with van der Waals surface area (Å²) in [5.74, 6) is -0.210. The van der Waals surface area contributed by atoms with Gasteiger partial charge in [-0.25, -0.2) is 8.42 Å². The maximum Gasteiger partial charge on any atom is 0.264 e. The van der Waals surface area contributed by atoms with E-state index in [0.717, 1.165) is 33.0 Å². The minimum atomic E-state index is -4.19. The standard InChI is InChI=1S/C38H45N3O5S/c1-6-30(5)39-38(43)36(25-31-14-9-8-10-15-31)40(26-32-16-12-11-13-29(32)4)37(42)27-41(33-19-21-34(22-20-33)46-7-2)47(44,45)35-23-17-28(3)18-24-35/h8-24,30,36H,6-7,25-27H2,1-5H3,(H,39,43). The van der Waals surface area contributed by atoms with E-state index >= 15 is 0 Å². The lowest BCUT2D eigenvalue weighted by molar-refractivity contribution is -0.140. The molecule has 0 spiro atoms. The third kappa shape index (κ3) is 9.23. The Morgan fingerprint density at radius 1 is 0.830 bits per heavy atom. The lowest BCUT2D eigenvalue weighted by Crippen LogP contribution is -2.54. The molecule has 0 saturated heterocycles. The molecule has 0 aliphatic rings. The average molecular weight is 656 g/mol. The second kappa shape index (κ2) is 16.3. The summed E-state index contributed by atoms with van der Waals surface area (Å²) in [5.41, 5.74) is 3.93. The maximum atomic E-state index is 14.7. The number of hydrogen-bond donors (Lipinski definition) is 1. The SMILES string of the molecule is CCOc1ccc(N(CC(=O)N(Cc2ccccc2C)C(Cc2ccccc2)C(=O)NC(C)CC)S(=O)(=O)c2ccc(C)cc2)cc1. The molecule has 0 heterocycles. The minimum absolute atomic E-state index is 0.0607. The van der Waals surface area contributed by atoms with Crippen molar-refractivity contribution in [3.63, 3.8) is 0 Å². The Labute approximate surface area is 279 Å². The maximum absolute atomic E-state index is 14.7. The van der Waals surface area contributed by atoms with Crippen molar-refractivity contribution in [1.82, 2.24) is 10.2 Å². The number of anilines is 1. The van der Waals surface area contributed by atoms with Gasteiger partial charge in [-0.1, -0.05) is 79.2 Å². The van der Waals surface area contributed by atoms with E-state index in [9.17, 15) is 18.0 Å². The second-order valence-electron chi connectivity index (χ2n) is 11.7. The lowest BCUT2D eigenvalue weighted by Gasteiger charge is -2.34. The molecule has 1 N–H and O–H groups in total. The Morgan fingerprint density at radius 2 is 1.47 bits per heavy atom. The highest BCUT2D eigenvalue weighted by molar-refractivity contribution is 7.92. The molecule has 0 bridgehead atoms. The molecule has 0 aromatic heterocycles. The lowest BCUT2D eigenvalue weighted by atomic mass is 10.0. The fourth-order valence-electron chi connectivity index (χ4n) is 5.21. The number of benzene rings is 4. The minimum Gasteiger partial charge on any atom is -0.494 e. The molecule has 47 heavy (non-hydrogen) atoms. The molecule has 2 amide bonds. The van der Waals surface area contributed by atoms with E-state index in [2.05, 4.69) is 5.32 Å². The number of carbonyl (C=O) groups is 2. The van der Waals surface area contributed by atoms with Crippen LogP contribution in [0.1, 0.15) is 49.4 Å². The summed E-state index contributed by atoms with van der Waals surface area (Å²) in [5, 5.41) is 3.07. The molecule has 4 aromatic rings. The van der Waals surface area contributed by atoms with E-state index in [0.29, 0.717) is 18.0 Å². The van der Waals surface area contributed by atoms with Gasteiger partial charge in [-0.15, -0.1) is 0 Å². The third-order valence-corrected chi connectivity index (χ3v) is 9.99. The summed E-state index contributed by atoms with van der Waals surface area (Å²) in [7, 11) is -4.19. The quantitative estimate of drug-likeness (QED) is 0.159. The van der Waals surface area contributed by atoms with Crippen LogP contribution >= 0.6 is 0 Å². The number of amides is 2. The van der Waals surface area contributed by atoms with Gasteiger partial charge in [-0.2, -0.15) is 0 Å². The first-order chi connectivity index (χ1) is 22.5. The van der Waals surface area contributed by atoms with Crippen molar-refractivity contribution in [3.05, 3.63) is 125 Å². The van der Waals surface area contributed by atoms with E-state index in [4.69, 9.17) is 4.74 Å². The van der Waals surface area contributed by atoms with Gasteiger partial charge in [0.15, 0.2) is 0 Å². The normalized spacial score (nSPS) is 12.5. The van der Waals surface area contributed by atoms with E-state index in [1.165, 1.54) is 4.90 Å². The summed E-state index contributed by atoms with van der Waals surface area (Å²) in [4.78, 5) is 30.2. The van der Waals surface area contributed by atoms with Crippen LogP contribution < -0.4 is 14.4 Å². The molecule has 0 radical (unpaired) electrons. The third-order valence-electron chi connectivity index (χ3n) is 8.20. The van der Waals surface area contributed by atoms with E-state index in [1.54, 1.807) is 48.5 Å². The zero-order chi connectivity index (χ0) is 34.0. The van der Waals surface area contributed by atoms with Gasteiger partial charge >= 0.3 is 0 Å². The molecule has 0 fully saturated rings. The highest BCUT2D eigenvalue weighted by Gasteiger charge is 2.35. The molecule has 8 nitrogen and oxygen atoms in total. The fourth-order valence-corrected chi connectivity index (χ4v) is 6.62. The molecular formula is C38H45N3O5S. The number of nitrogens with one attached hydrogen (secondary N) is 1. The average Bonchev–Trinajstić information content (AvgIpc) is 3.07. The number of carbonyl (C=O) groups excluding carboxylic acids is 2. The summed E-state index contributed by atoms with van der Waals surface area (Å²) in [6, 6.07) is 29.4. The van der Waals surface area contributed by atoms with Gasteiger partial charge in [0.25, 0.3) is 10.0 Å². The Kier molecular flexibility index (Phi) is 12.2. The molecule has 0 aliphatic heterocycles. The molecule has 4 aromatic carbocycles. The number of aryl methyl sites for hydroxylation is 2. The Balaban J connectivity index is 1.81. The van der Waals surface area contributed by atoms with Gasteiger partial charge in [0.2, 0.25) is 11.8 Å². The number of rotatable bonds is 15. The first-order valence-electron chi connectivity index (χ1n) is 16.0. The van der Waals surface area contributed by atoms with Crippen LogP contribution in [0.4, 0.5) is 5.69 Å². The highest BCUT2D eigenvalue weighted by atomic mass is 32.2. The van der Waals surface area contributed by atoms with Crippen LogP contribution in [0.5, 0.6) is 5.75 Å². The van der Waals surface area contributed by atoms with Crippen LogP contribution in [0.25, 0.3) is 0 Å². The van der Waals surface area contributed by atoms with Crippen molar-refractivity contribution in [3.8, 4) is 5.75 Å². The van der Waals surface area contributed by atoms with Crippen molar-refractivity contribution < 1.29 is 22.7 Å². The molecule has 248 valence electrons. The van der Waals surface area contributed by atoms with Crippen molar-refractivity contribution >= 4 is 27.5 Å². The Hall–Kier alpha value is -4.63. The molecular weight excluding hydrogens is 611 g/mol. The van der Waals surface area contributed by atoms with E-state index < -0.39 is 28.5 Å². The van der Waals surface area contributed by atoms with Crippen LogP contribution in [-0.2, 0) is 32.6 Å². The molecule has 2 atom stereocenters. The molecule has 0 aliphatic carbocycles. The molecule has 2 unspecified atom stereocenters. The van der Waals surface area contributed by atoms with Gasteiger partial charge in [0.05, 0.1) is 17.2 Å². The summed E-state index contributed by atoms with van der Waals surface area (Å²) in [6.07, 6.45) is 0.977. The zero-order valence-electron chi connectivity index (χ0n) is 27.8. The van der Waals surface area contributed by atoms with Crippen LogP contribution in [-0.4, -0.2) is 50.4 Å². The van der Waals surface area contributed by atoms with Crippen LogP contribution in [0.3, 0.4) is 0 Å².